The summed E-state index contributed by atoms with van der Waals surface area (Å²) < 4.78 is 1.81. The predicted molar refractivity (Wildman–Crippen MR) is 97.0 cm³/mol. The zero-order chi connectivity index (χ0) is 17.7. The molecule has 5 nitrogen and oxygen atoms in total. The van der Waals surface area contributed by atoms with Crippen LogP contribution in [0.1, 0.15) is 29.9 Å². The number of carbonyl (C=O) groups is 1. The molecule has 2 aliphatic rings. The highest BCUT2D eigenvalue weighted by Crippen LogP contribution is 2.51. The first-order chi connectivity index (χ1) is 11.9. The third-order valence-electron chi connectivity index (χ3n) is 6.25. The van der Waals surface area contributed by atoms with Crippen LogP contribution < -0.4 is 0 Å². The molecule has 5 heteroatoms. The summed E-state index contributed by atoms with van der Waals surface area (Å²) in [5, 5.41) is 0. The molecule has 2 fully saturated rings. The summed E-state index contributed by atoms with van der Waals surface area (Å²) in [6.45, 7) is 9.38. The molecule has 2 atom stereocenters. The third-order valence-corrected chi connectivity index (χ3v) is 6.25. The van der Waals surface area contributed by atoms with Crippen molar-refractivity contribution < 1.29 is 4.79 Å². The summed E-state index contributed by atoms with van der Waals surface area (Å²) in [6.07, 6.45) is 3.36. The van der Waals surface area contributed by atoms with Crippen LogP contribution in [-0.4, -0.2) is 51.4 Å². The summed E-state index contributed by atoms with van der Waals surface area (Å²) in [5.74, 6) is 0.103. The minimum absolute atomic E-state index is 0.103. The van der Waals surface area contributed by atoms with Gasteiger partial charge in [-0.2, -0.15) is 0 Å². The van der Waals surface area contributed by atoms with Gasteiger partial charge in [-0.15, -0.1) is 0 Å². The number of likely N-dealkylation sites (tertiary alicyclic amines) is 2. The Bertz CT molecular complexity index is 766. The van der Waals surface area contributed by atoms with E-state index in [9.17, 15) is 4.79 Å². The van der Waals surface area contributed by atoms with Crippen LogP contribution in [0.4, 0.5) is 0 Å². The number of hydrogen-bond acceptors (Lipinski definition) is 3. The molecule has 0 saturated carbocycles. The van der Waals surface area contributed by atoms with Crippen molar-refractivity contribution in [2.24, 2.45) is 17.9 Å². The Kier molecular flexibility index (Phi) is 3.72. The van der Waals surface area contributed by atoms with Crippen molar-refractivity contribution in [1.29, 1.82) is 0 Å². The first-order valence-electron chi connectivity index (χ1n) is 8.92. The van der Waals surface area contributed by atoms with E-state index >= 15 is 0 Å². The average Bonchev–Trinajstić information content (AvgIpc) is 3.16. The molecule has 132 valence electrons. The van der Waals surface area contributed by atoms with Gasteiger partial charge in [0.25, 0.3) is 5.91 Å². The molecule has 0 N–H and O–H groups in total. The monoisotopic (exact) mass is 338 g/mol. The Morgan fingerprint density at radius 3 is 2.28 bits per heavy atom. The Hall–Kier alpha value is -2.14. The maximum atomic E-state index is 12.9. The molecule has 0 radical (unpaired) electrons. The highest BCUT2D eigenvalue weighted by atomic mass is 16.2. The van der Waals surface area contributed by atoms with E-state index in [4.69, 9.17) is 0 Å². The second-order valence-electron chi connectivity index (χ2n) is 8.30. The molecule has 1 amide bonds. The molecular weight excluding hydrogens is 312 g/mol. The fourth-order valence-corrected chi connectivity index (χ4v) is 4.63. The number of fused-ring (bicyclic) bond motifs is 1. The lowest BCUT2D eigenvalue weighted by molar-refractivity contribution is 0.0747. The molecule has 2 aromatic rings. The summed E-state index contributed by atoms with van der Waals surface area (Å²) in [5.41, 5.74) is 2.30. The minimum atomic E-state index is 0.103. The van der Waals surface area contributed by atoms with Gasteiger partial charge in [0, 0.05) is 50.6 Å². The van der Waals surface area contributed by atoms with E-state index in [2.05, 4.69) is 54.1 Å². The van der Waals surface area contributed by atoms with Gasteiger partial charge >= 0.3 is 0 Å². The number of benzene rings is 1. The summed E-state index contributed by atoms with van der Waals surface area (Å²) in [6, 6.07) is 10.6. The Morgan fingerprint density at radius 2 is 1.72 bits per heavy atom. The molecule has 0 bridgehead atoms. The fraction of sp³-hybridized carbons (Fsp3) is 0.500. The maximum Gasteiger partial charge on any atom is 0.272 e. The standard InChI is InChI=1S/C20H26N4O/c1-19-11-23(10-16-7-5-4-6-8-16)12-20(19,2)14-24(13-19)18(25)17-9-21-15-22(17)3/h4-9,15H,10-14H2,1-3H3. The molecule has 3 heterocycles. The van der Waals surface area contributed by atoms with Crippen molar-refractivity contribution >= 4 is 5.91 Å². The Labute approximate surface area is 149 Å². The van der Waals surface area contributed by atoms with Gasteiger partial charge < -0.3 is 9.47 Å². The lowest BCUT2D eigenvalue weighted by atomic mass is 9.71. The van der Waals surface area contributed by atoms with E-state index in [0.29, 0.717) is 5.69 Å². The van der Waals surface area contributed by atoms with Crippen molar-refractivity contribution in [2.45, 2.75) is 20.4 Å². The van der Waals surface area contributed by atoms with Crippen LogP contribution in [0.15, 0.2) is 42.9 Å². The summed E-state index contributed by atoms with van der Waals surface area (Å²) >= 11 is 0. The van der Waals surface area contributed by atoms with Crippen molar-refractivity contribution in [3.63, 3.8) is 0 Å². The van der Waals surface area contributed by atoms with Crippen LogP contribution in [0.25, 0.3) is 0 Å². The van der Waals surface area contributed by atoms with E-state index in [1.807, 2.05) is 16.5 Å². The van der Waals surface area contributed by atoms with Gasteiger partial charge in [0.15, 0.2) is 0 Å². The van der Waals surface area contributed by atoms with Gasteiger partial charge in [0.1, 0.15) is 5.69 Å². The van der Waals surface area contributed by atoms with E-state index in [1.54, 1.807) is 12.5 Å². The number of nitrogens with zero attached hydrogens (tertiary/aromatic N) is 4. The molecule has 2 saturated heterocycles. The van der Waals surface area contributed by atoms with Gasteiger partial charge in [0.2, 0.25) is 0 Å². The van der Waals surface area contributed by atoms with E-state index in [-0.39, 0.29) is 16.7 Å². The SMILES string of the molecule is Cn1cncc1C(=O)N1CC2(C)CN(Cc3ccccc3)CC2(C)C1. The predicted octanol–water partition coefficient (Wildman–Crippen LogP) is 2.40. The fourth-order valence-electron chi connectivity index (χ4n) is 4.63. The first-order valence-corrected chi connectivity index (χ1v) is 8.92. The highest BCUT2D eigenvalue weighted by molar-refractivity contribution is 5.92. The number of carbonyl (C=O) groups excluding carboxylic acids is 1. The van der Waals surface area contributed by atoms with Crippen LogP contribution in [0, 0.1) is 10.8 Å². The molecule has 1 aromatic carbocycles. The molecule has 0 aliphatic carbocycles. The summed E-state index contributed by atoms with van der Waals surface area (Å²) in [4.78, 5) is 21.5. The Morgan fingerprint density at radius 1 is 1.08 bits per heavy atom. The molecule has 2 unspecified atom stereocenters. The quantitative estimate of drug-likeness (QED) is 0.863. The van der Waals surface area contributed by atoms with Crippen LogP contribution in [0.3, 0.4) is 0 Å². The van der Waals surface area contributed by atoms with Crippen LogP contribution in [-0.2, 0) is 13.6 Å². The van der Waals surface area contributed by atoms with Crippen molar-refractivity contribution in [2.75, 3.05) is 26.2 Å². The second kappa shape index (κ2) is 5.70. The number of amides is 1. The van der Waals surface area contributed by atoms with Crippen LogP contribution in [0.2, 0.25) is 0 Å². The van der Waals surface area contributed by atoms with Gasteiger partial charge in [-0.3, -0.25) is 9.69 Å². The first kappa shape index (κ1) is 16.3. The summed E-state index contributed by atoms with van der Waals surface area (Å²) in [7, 11) is 1.88. The van der Waals surface area contributed by atoms with Gasteiger partial charge in [-0.1, -0.05) is 44.2 Å². The average molecular weight is 338 g/mol. The maximum absolute atomic E-state index is 12.9. The molecule has 2 aliphatic heterocycles. The third kappa shape index (κ3) is 2.67. The second-order valence-corrected chi connectivity index (χ2v) is 8.30. The van der Waals surface area contributed by atoms with E-state index < -0.39 is 0 Å². The molecule has 1 aromatic heterocycles. The number of aromatic nitrogens is 2. The largest absolute Gasteiger partial charge is 0.336 e. The van der Waals surface area contributed by atoms with Crippen LogP contribution in [0.5, 0.6) is 0 Å². The number of imidazole rings is 1. The normalized spacial score (nSPS) is 29.2. The topological polar surface area (TPSA) is 41.4 Å². The zero-order valence-corrected chi connectivity index (χ0v) is 15.3. The van der Waals surface area contributed by atoms with E-state index in [1.165, 1.54) is 5.56 Å². The highest BCUT2D eigenvalue weighted by Gasteiger charge is 2.58. The van der Waals surface area contributed by atoms with Gasteiger partial charge in [-0.25, -0.2) is 4.98 Å². The minimum Gasteiger partial charge on any atom is -0.336 e. The lowest BCUT2D eigenvalue weighted by Gasteiger charge is -2.30. The lowest BCUT2D eigenvalue weighted by Crippen LogP contribution is -2.36. The van der Waals surface area contributed by atoms with Crippen molar-refractivity contribution in [3.8, 4) is 0 Å². The molecule has 4 rings (SSSR count). The smallest absolute Gasteiger partial charge is 0.272 e. The molecule has 0 spiro atoms. The Balaban J connectivity index is 1.49. The van der Waals surface area contributed by atoms with Crippen LogP contribution >= 0.6 is 0 Å². The van der Waals surface area contributed by atoms with Crippen molar-refractivity contribution in [1.82, 2.24) is 19.4 Å². The van der Waals surface area contributed by atoms with Gasteiger partial charge in [0.05, 0.1) is 12.5 Å². The van der Waals surface area contributed by atoms with Gasteiger partial charge in [-0.05, 0) is 5.56 Å². The van der Waals surface area contributed by atoms with E-state index in [0.717, 1.165) is 32.7 Å². The number of rotatable bonds is 3. The molecular formula is C20H26N4O. The zero-order valence-electron chi connectivity index (χ0n) is 15.3. The number of aryl methyl sites for hydroxylation is 1. The number of hydrogen-bond donors (Lipinski definition) is 0. The molecule has 25 heavy (non-hydrogen) atoms. The van der Waals surface area contributed by atoms with Crippen molar-refractivity contribution in [3.05, 3.63) is 54.1 Å².